The maximum absolute atomic E-state index is 6.14. The number of aryl methyl sites for hydroxylation is 1. The van der Waals surface area contributed by atoms with Crippen molar-refractivity contribution in [3.63, 3.8) is 0 Å². The molecule has 0 aromatic carbocycles. The lowest BCUT2D eigenvalue weighted by atomic mass is 9.94. The van der Waals surface area contributed by atoms with Gasteiger partial charge in [0.1, 0.15) is 0 Å². The summed E-state index contributed by atoms with van der Waals surface area (Å²) in [5.41, 5.74) is 1.48. The third-order valence-electron chi connectivity index (χ3n) is 4.00. The highest BCUT2D eigenvalue weighted by atomic mass is 35.5. The SMILES string of the molecule is CCCCCCCCNC1CCCc2sc(Cl)cc21. The molecule has 108 valence electrons. The van der Waals surface area contributed by atoms with Crippen LogP contribution in [0.1, 0.15) is 74.8 Å². The van der Waals surface area contributed by atoms with Crippen LogP contribution >= 0.6 is 22.9 Å². The minimum atomic E-state index is 0.558. The number of rotatable bonds is 8. The Labute approximate surface area is 126 Å². The van der Waals surface area contributed by atoms with Gasteiger partial charge >= 0.3 is 0 Å². The summed E-state index contributed by atoms with van der Waals surface area (Å²) in [6.45, 7) is 3.43. The van der Waals surface area contributed by atoms with Gasteiger partial charge in [-0.2, -0.15) is 0 Å². The molecule has 1 unspecified atom stereocenters. The van der Waals surface area contributed by atoms with Gasteiger partial charge in [0.2, 0.25) is 0 Å². The number of unbranched alkanes of at least 4 members (excludes halogenated alkanes) is 5. The van der Waals surface area contributed by atoms with Gasteiger partial charge in [-0.3, -0.25) is 0 Å². The van der Waals surface area contributed by atoms with Gasteiger partial charge in [0.05, 0.1) is 4.34 Å². The lowest BCUT2D eigenvalue weighted by Crippen LogP contribution is -2.25. The fourth-order valence-electron chi connectivity index (χ4n) is 2.92. The van der Waals surface area contributed by atoms with Crippen LogP contribution in [-0.2, 0) is 6.42 Å². The topological polar surface area (TPSA) is 12.0 Å². The molecule has 0 radical (unpaired) electrons. The number of thiophene rings is 1. The Morgan fingerprint density at radius 2 is 2.05 bits per heavy atom. The molecule has 0 fully saturated rings. The molecule has 1 atom stereocenters. The van der Waals surface area contributed by atoms with Crippen molar-refractivity contribution in [1.82, 2.24) is 5.32 Å². The first kappa shape index (κ1) is 15.3. The molecule has 3 heteroatoms. The Morgan fingerprint density at radius 3 is 2.89 bits per heavy atom. The smallest absolute Gasteiger partial charge is 0.0934 e. The minimum Gasteiger partial charge on any atom is -0.310 e. The van der Waals surface area contributed by atoms with Crippen molar-refractivity contribution < 1.29 is 0 Å². The second-order valence-corrected chi connectivity index (χ2v) is 7.36. The molecule has 0 amide bonds. The lowest BCUT2D eigenvalue weighted by molar-refractivity contribution is 0.451. The monoisotopic (exact) mass is 299 g/mol. The second kappa shape index (κ2) is 8.28. The molecule has 1 N–H and O–H groups in total. The van der Waals surface area contributed by atoms with E-state index in [1.165, 1.54) is 68.2 Å². The standard InChI is InChI=1S/C16H26ClNS/c1-2-3-4-5-6-7-11-18-14-9-8-10-15-13(14)12-16(17)19-15/h12,14,18H,2-11H2,1H3. The van der Waals surface area contributed by atoms with Crippen LogP contribution in [0.2, 0.25) is 4.34 Å². The Morgan fingerprint density at radius 1 is 1.26 bits per heavy atom. The van der Waals surface area contributed by atoms with E-state index in [2.05, 4.69) is 18.3 Å². The number of hydrogen-bond acceptors (Lipinski definition) is 2. The van der Waals surface area contributed by atoms with E-state index in [4.69, 9.17) is 11.6 Å². The molecule has 0 bridgehead atoms. The largest absolute Gasteiger partial charge is 0.310 e. The minimum absolute atomic E-state index is 0.558. The Kier molecular flexibility index (Phi) is 6.69. The van der Waals surface area contributed by atoms with Crippen LogP contribution in [0.4, 0.5) is 0 Å². The summed E-state index contributed by atoms with van der Waals surface area (Å²) in [6, 6.07) is 2.74. The van der Waals surface area contributed by atoms with Gasteiger partial charge in [0, 0.05) is 10.9 Å². The maximum atomic E-state index is 6.14. The van der Waals surface area contributed by atoms with Gasteiger partial charge in [-0.1, -0.05) is 50.6 Å². The van der Waals surface area contributed by atoms with Crippen molar-refractivity contribution in [3.8, 4) is 0 Å². The quantitative estimate of drug-likeness (QED) is 0.605. The summed E-state index contributed by atoms with van der Waals surface area (Å²) in [5.74, 6) is 0. The van der Waals surface area contributed by atoms with Crippen molar-refractivity contribution in [1.29, 1.82) is 0 Å². The van der Waals surface area contributed by atoms with Gasteiger partial charge in [0.15, 0.2) is 0 Å². The van der Waals surface area contributed by atoms with Crippen LogP contribution in [0.3, 0.4) is 0 Å². The first-order valence-corrected chi connectivity index (χ1v) is 9.02. The summed E-state index contributed by atoms with van der Waals surface area (Å²) < 4.78 is 0.957. The number of hydrogen-bond donors (Lipinski definition) is 1. The van der Waals surface area contributed by atoms with Crippen LogP contribution in [0.5, 0.6) is 0 Å². The first-order valence-electron chi connectivity index (χ1n) is 7.82. The van der Waals surface area contributed by atoms with Crippen LogP contribution < -0.4 is 5.32 Å². The molecular weight excluding hydrogens is 274 g/mol. The number of nitrogens with one attached hydrogen (secondary N) is 1. The van der Waals surface area contributed by atoms with Crippen molar-refractivity contribution >= 4 is 22.9 Å². The average molecular weight is 300 g/mol. The van der Waals surface area contributed by atoms with E-state index in [1.807, 2.05) is 0 Å². The van der Waals surface area contributed by atoms with E-state index in [-0.39, 0.29) is 0 Å². The zero-order valence-corrected chi connectivity index (χ0v) is 13.6. The summed E-state index contributed by atoms with van der Waals surface area (Å²) >= 11 is 7.91. The fraction of sp³-hybridized carbons (Fsp3) is 0.750. The Balaban J connectivity index is 1.67. The summed E-state index contributed by atoms with van der Waals surface area (Å²) in [6.07, 6.45) is 12.0. The highest BCUT2D eigenvalue weighted by Gasteiger charge is 2.21. The fourth-order valence-corrected chi connectivity index (χ4v) is 4.30. The average Bonchev–Trinajstić information content (AvgIpc) is 2.78. The molecule has 1 aromatic rings. The van der Waals surface area contributed by atoms with E-state index in [9.17, 15) is 0 Å². The Bertz CT molecular complexity index is 375. The van der Waals surface area contributed by atoms with Gasteiger partial charge in [-0.05, 0) is 43.9 Å². The van der Waals surface area contributed by atoms with Crippen LogP contribution in [-0.4, -0.2) is 6.54 Å². The van der Waals surface area contributed by atoms with E-state index in [0.29, 0.717) is 6.04 Å². The van der Waals surface area contributed by atoms with Crippen molar-refractivity contribution in [2.24, 2.45) is 0 Å². The second-order valence-electron chi connectivity index (χ2n) is 5.60. The molecule has 0 spiro atoms. The molecule has 1 heterocycles. The molecule has 0 aliphatic heterocycles. The molecule has 2 rings (SSSR count). The first-order chi connectivity index (χ1) is 9.31. The summed E-state index contributed by atoms with van der Waals surface area (Å²) in [4.78, 5) is 1.51. The predicted octanol–water partition coefficient (Wildman–Crippen LogP) is 5.73. The molecule has 1 aliphatic carbocycles. The molecule has 19 heavy (non-hydrogen) atoms. The molecular formula is C16H26ClNS. The van der Waals surface area contributed by atoms with Crippen molar-refractivity contribution in [2.45, 2.75) is 70.8 Å². The van der Waals surface area contributed by atoms with Crippen molar-refractivity contribution in [3.05, 3.63) is 20.8 Å². The Hall–Kier alpha value is -0.0500. The highest BCUT2D eigenvalue weighted by Crippen LogP contribution is 2.37. The maximum Gasteiger partial charge on any atom is 0.0934 e. The zero-order chi connectivity index (χ0) is 13.5. The third-order valence-corrected chi connectivity index (χ3v) is 5.34. The van der Waals surface area contributed by atoms with Crippen LogP contribution in [0.15, 0.2) is 6.07 Å². The summed E-state index contributed by atoms with van der Waals surface area (Å²) in [7, 11) is 0. The number of fused-ring (bicyclic) bond motifs is 1. The zero-order valence-electron chi connectivity index (χ0n) is 12.0. The van der Waals surface area contributed by atoms with E-state index >= 15 is 0 Å². The highest BCUT2D eigenvalue weighted by molar-refractivity contribution is 7.16. The van der Waals surface area contributed by atoms with E-state index in [0.717, 1.165) is 10.9 Å². The van der Waals surface area contributed by atoms with Gasteiger partial charge in [-0.15, -0.1) is 11.3 Å². The van der Waals surface area contributed by atoms with Crippen molar-refractivity contribution in [2.75, 3.05) is 6.54 Å². The van der Waals surface area contributed by atoms with E-state index < -0.39 is 0 Å². The molecule has 1 aromatic heterocycles. The van der Waals surface area contributed by atoms with E-state index in [1.54, 1.807) is 11.3 Å². The van der Waals surface area contributed by atoms with Gasteiger partial charge < -0.3 is 5.32 Å². The summed E-state index contributed by atoms with van der Waals surface area (Å²) in [5, 5.41) is 3.73. The number of halogens is 1. The van der Waals surface area contributed by atoms with Crippen LogP contribution in [0, 0.1) is 0 Å². The third kappa shape index (κ3) is 4.77. The van der Waals surface area contributed by atoms with Gasteiger partial charge in [-0.25, -0.2) is 0 Å². The molecule has 1 aliphatic rings. The molecule has 0 saturated carbocycles. The normalized spacial score (nSPS) is 18.5. The molecule has 0 saturated heterocycles. The predicted molar refractivity (Wildman–Crippen MR) is 86.4 cm³/mol. The van der Waals surface area contributed by atoms with Gasteiger partial charge in [0.25, 0.3) is 0 Å². The van der Waals surface area contributed by atoms with Crippen LogP contribution in [0.25, 0.3) is 0 Å². The lowest BCUT2D eigenvalue weighted by Gasteiger charge is -2.23. The molecule has 1 nitrogen and oxygen atoms in total.